The fourth-order valence-corrected chi connectivity index (χ4v) is 4.91. The zero-order chi connectivity index (χ0) is 17.0. The molecule has 5 heteroatoms. The van der Waals surface area contributed by atoms with Crippen LogP contribution in [0.2, 0.25) is 0 Å². The number of nitrogens with one attached hydrogen (secondary N) is 1. The minimum atomic E-state index is -0.865. The average molecular weight is 349 g/mol. The summed E-state index contributed by atoms with van der Waals surface area (Å²) in [7, 11) is -0.865. The number of benzene rings is 1. The van der Waals surface area contributed by atoms with E-state index < -0.39 is 10.8 Å². The van der Waals surface area contributed by atoms with Gasteiger partial charge in [0.05, 0.1) is 4.75 Å². The van der Waals surface area contributed by atoms with Gasteiger partial charge in [-0.2, -0.15) is 0 Å². The standard InChI is InChI=1S/C19H28N2O2S/c1-24(23)19(10-5-11-19)15-20-18(22)21-12-8-17(9-13-21)14-16-6-3-2-4-7-16/h2-4,6-7,17H,5,8-15H2,1H3,(H,20,22)/t24-/m0/s1. The van der Waals surface area contributed by atoms with E-state index in [1.54, 1.807) is 6.26 Å². The number of hydrogen-bond donors (Lipinski definition) is 1. The number of carbonyl (C=O) groups is 1. The number of carbonyl (C=O) groups excluding carboxylic acids is 1. The van der Waals surface area contributed by atoms with E-state index in [9.17, 15) is 9.00 Å². The molecule has 0 aromatic heterocycles. The van der Waals surface area contributed by atoms with Crippen molar-refractivity contribution in [1.82, 2.24) is 10.2 Å². The summed E-state index contributed by atoms with van der Waals surface area (Å²) in [5, 5.41) is 3.03. The number of piperidine rings is 1. The molecule has 0 radical (unpaired) electrons. The third kappa shape index (κ3) is 4.00. The van der Waals surface area contributed by atoms with E-state index in [1.807, 2.05) is 4.90 Å². The summed E-state index contributed by atoms with van der Waals surface area (Å²) in [6.45, 7) is 2.20. The van der Waals surface area contributed by atoms with E-state index in [-0.39, 0.29) is 10.8 Å². The van der Waals surface area contributed by atoms with Gasteiger partial charge >= 0.3 is 6.03 Å². The van der Waals surface area contributed by atoms with Crippen molar-refractivity contribution in [3.05, 3.63) is 35.9 Å². The van der Waals surface area contributed by atoms with Gasteiger partial charge in [-0.05, 0) is 43.6 Å². The molecule has 1 saturated carbocycles. The highest BCUT2D eigenvalue weighted by molar-refractivity contribution is 7.85. The molecule has 1 N–H and O–H groups in total. The van der Waals surface area contributed by atoms with Gasteiger partial charge in [-0.25, -0.2) is 4.79 Å². The monoisotopic (exact) mass is 348 g/mol. The van der Waals surface area contributed by atoms with Crippen LogP contribution in [0.15, 0.2) is 30.3 Å². The van der Waals surface area contributed by atoms with Crippen LogP contribution in [-0.2, 0) is 17.2 Å². The van der Waals surface area contributed by atoms with Crippen molar-refractivity contribution in [2.75, 3.05) is 25.9 Å². The van der Waals surface area contributed by atoms with Gasteiger partial charge in [-0.3, -0.25) is 4.21 Å². The van der Waals surface area contributed by atoms with Gasteiger partial charge in [0.2, 0.25) is 0 Å². The van der Waals surface area contributed by atoms with Crippen LogP contribution in [0.3, 0.4) is 0 Å². The van der Waals surface area contributed by atoms with Gasteiger partial charge in [-0.15, -0.1) is 0 Å². The SMILES string of the molecule is C[S@](=O)C1(CNC(=O)N2CCC(Cc3ccccc3)CC2)CCC1. The van der Waals surface area contributed by atoms with Gasteiger partial charge in [0, 0.05) is 36.7 Å². The fourth-order valence-electron chi connectivity index (χ4n) is 3.77. The van der Waals surface area contributed by atoms with E-state index >= 15 is 0 Å². The Morgan fingerprint density at radius 3 is 2.46 bits per heavy atom. The Morgan fingerprint density at radius 1 is 1.25 bits per heavy atom. The largest absolute Gasteiger partial charge is 0.336 e. The topological polar surface area (TPSA) is 49.4 Å². The number of urea groups is 1. The molecule has 4 nitrogen and oxygen atoms in total. The highest BCUT2D eigenvalue weighted by Crippen LogP contribution is 2.36. The average Bonchev–Trinajstić information content (AvgIpc) is 2.55. The molecule has 2 fully saturated rings. The molecule has 2 aliphatic rings. The van der Waals surface area contributed by atoms with Crippen molar-refractivity contribution in [2.24, 2.45) is 5.92 Å². The molecule has 1 saturated heterocycles. The van der Waals surface area contributed by atoms with E-state index in [2.05, 4.69) is 35.6 Å². The lowest BCUT2D eigenvalue weighted by Crippen LogP contribution is -2.54. The second kappa shape index (κ2) is 7.68. The molecule has 1 heterocycles. The minimum Gasteiger partial charge on any atom is -0.336 e. The van der Waals surface area contributed by atoms with E-state index in [4.69, 9.17) is 0 Å². The Hall–Kier alpha value is -1.36. The van der Waals surface area contributed by atoms with Crippen molar-refractivity contribution < 1.29 is 9.00 Å². The van der Waals surface area contributed by atoms with Gasteiger partial charge in [0.15, 0.2) is 0 Å². The Labute approximate surface area is 147 Å². The Balaban J connectivity index is 1.43. The lowest BCUT2D eigenvalue weighted by atomic mass is 9.84. The van der Waals surface area contributed by atoms with Gasteiger partial charge in [0.1, 0.15) is 0 Å². The number of rotatable bonds is 5. The number of amides is 2. The smallest absolute Gasteiger partial charge is 0.317 e. The van der Waals surface area contributed by atoms with Crippen LogP contribution in [0.4, 0.5) is 4.79 Å². The van der Waals surface area contributed by atoms with Crippen molar-refractivity contribution in [1.29, 1.82) is 0 Å². The number of hydrogen-bond acceptors (Lipinski definition) is 2. The molecular formula is C19H28N2O2S. The Morgan fingerprint density at radius 2 is 1.92 bits per heavy atom. The van der Waals surface area contributed by atoms with Crippen molar-refractivity contribution in [3.8, 4) is 0 Å². The van der Waals surface area contributed by atoms with Crippen LogP contribution in [0.1, 0.15) is 37.7 Å². The van der Waals surface area contributed by atoms with Gasteiger partial charge < -0.3 is 10.2 Å². The second-order valence-electron chi connectivity index (χ2n) is 7.27. The van der Waals surface area contributed by atoms with Crippen molar-refractivity contribution >= 4 is 16.8 Å². The summed E-state index contributed by atoms with van der Waals surface area (Å²) in [5.74, 6) is 0.664. The summed E-state index contributed by atoms with van der Waals surface area (Å²) in [6.07, 6.45) is 8.06. The van der Waals surface area contributed by atoms with Crippen molar-refractivity contribution in [2.45, 2.75) is 43.3 Å². The highest BCUT2D eigenvalue weighted by atomic mass is 32.2. The fraction of sp³-hybridized carbons (Fsp3) is 0.632. The van der Waals surface area contributed by atoms with Crippen LogP contribution in [-0.4, -0.2) is 45.8 Å². The lowest BCUT2D eigenvalue weighted by molar-refractivity contribution is 0.167. The van der Waals surface area contributed by atoms with Crippen LogP contribution >= 0.6 is 0 Å². The summed E-state index contributed by atoms with van der Waals surface area (Å²) in [4.78, 5) is 14.3. The van der Waals surface area contributed by atoms with E-state index in [0.717, 1.165) is 51.6 Å². The first-order valence-electron chi connectivity index (χ1n) is 8.99. The summed E-state index contributed by atoms with van der Waals surface area (Å²) in [5.41, 5.74) is 1.39. The molecule has 2 amide bonds. The predicted octanol–water partition coefficient (Wildman–Crippen LogP) is 2.95. The molecule has 0 spiro atoms. The molecule has 24 heavy (non-hydrogen) atoms. The molecule has 1 aromatic carbocycles. The first-order chi connectivity index (χ1) is 11.6. The normalized spacial score (nSPS) is 21.8. The molecule has 3 rings (SSSR count). The summed E-state index contributed by atoms with van der Waals surface area (Å²) < 4.78 is 11.7. The zero-order valence-electron chi connectivity index (χ0n) is 14.5. The van der Waals surface area contributed by atoms with Gasteiger partial charge in [0.25, 0.3) is 0 Å². The summed E-state index contributed by atoms with van der Waals surface area (Å²) in [6, 6.07) is 10.6. The molecule has 132 valence electrons. The third-order valence-corrected chi connectivity index (χ3v) is 7.48. The second-order valence-corrected chi connectivity index (χ2v) is 9.04. The van der Waals surface area contributed by atoms with E-state index in [0.29, 0.717) is 12.5 Å². The van der Waals surface area contributed by atoms with Crippen LogP contribution in [0.5, 0.6) is 0 Å². The number of likely N-dealkylation sites (tertiary alicyclic amines) is 1. The Bertz CT molecular complexity index is 578. The molecule has 0 unspecified atom stereocenters. The molecule has 0 bridgehead atoms. The maximum atomic E-state index is 12.4. The van der Waals surface area contributed by atoms with Crippen molar-refractivity contribution in [3.63, 3.8) is 0 Å². The molecule has 1 aliphatic heterocycles. The predicted molar refractivity (Wildman–Crippen MR) is 98.5 cm³/mol. The third-order valence-electron chi connectivity index (χ3n) is 5.71. The Kier molecular flexibility index (Phi) is 5.59. The molecular weight excluding hydrogens is 320 g/mol. The summed E-state index contributed by atoms with van der Waals surface area (Å²) >= 11 is 0. The zero-order valence-corrected chi connectivity index (χ0v) is 15.3. The maximum Gasteiger partial charge on any atom is 0.317 e. The minimum absolute atomic E-state index is 0.0184. The number of nitrogens with zero attached hydrogens (tertiary/aromatic N) is 1. The van der Waals surface area contributed by atoms with Crippen LogP contribution < -0.4 is 5.32 Å². The molecule has 1 atom stereocenters. The first-order valence-corrected chi connectivity index (χ1v) is 10.6. The van der Waals surface area contributed by atoms with Gasteiger partial charge in [-0.1, -0.05) is 36.8 Å². The van der Waals surface area contributed by atoms with E-state index in [1.165, 1.54) is 5.56 Å². The van der Waals surface area contributed by atoms with Crippen LogP contribution in [0, 0.1) is 5.92 Å². The van der Waals surface area contributed by atoms with Crippen LogP contribution in [0.25, 0.3) is 0 Å². The molecule has 1 aliphatic carbocycles. The highest BCUT2D eigenvalue weighted by Gasteiger charge is 2.41. The maximum absolute atomic E-state index is 12.4. The lowest BCUT2D eigenvalue weighted by Gasteiger charge is -2.40. The first kappa shape index (κ1) is 17.5. The quantitative estimate of drug-likeness (QED) is 0.889. The molecule has 1 aromatic rings.